The van der Waals surface area contributed by atoms with Gasteiger partial charge in [-0.1, -0.05) is 23.2 Å². The first-order valence-corrected chi connectivity index (χ1v) is 5.93. The highest BCUT2D eigenvalue weighted by atomic mass is 35.5. The molecule has 0 aliphatic heterocycles. The first-order chi connectivity index (χ1) is 8.41. The Balaban J connectivity index is 2.77. The summed E-state index contributed by atoms with van der Waals surface area (Å²) in [4.78, 5) is 20.9. The molecule has 0 N–H and O–H groups in total. The fourth-order valence-electron chi connectivity index (χ4n) is 1.28. The zero-order valence-corrected chi connectivity index (χ0v) is 11.1. The lowest BCUT2D eigenvalue weighted by Crippen LogP contribution is -2.02. The van der Waals surface area contributed by atoms with E-state index in [4.69, 9.17) is 27.9 Å². The number of Topliss-reactive ketones (excluding diaryl/α,β-unsaturated/α-hetero) is 1. The van der Waals surface area contributed by atoms with Crippen LogP contribution < -0.4 is 4.74 Å². The monoisotopic (exact) mass is 291 g/mol. The van der Waals surface area contributed by atoms with Gasteiger partial charge in [-0.2, -0.15) is 0 Å². The number of nitrogens with zero attached hydrogens (tertiary/aromatic N) is 1. The maximum atomic E-state index is 10.8. The predicted molar refractivity (Wildman–Crippen MR) is 68.5 cm³/mol. The van der Waals surface area contributed by atoms with Crippen molar-refractivity contribution in [3.63, 3.8) is 0 Å². The molecule has 0 aliphatic rings. The number of hydrogen-bond acceptors (Lipinski definition) is 4. The molecule has 0 bridgehead atoms. The Bertz CT molecular complexity index is 476. The van der Waals surface area contributed by atoms with E-state index in [1.165, 1.54) is 13.0 Å². The van der Waals surface area contributed by atoms with Gasteiger partial charge in [0.05, 0.1) is 21.6 Å². The zero-order valence-electron chi connectivity index (χ0n) is 9.61. The molecule has 5 nitrogen and oxygen atoms in total. The van der Waals surface area contributed by atoms with Crippen molar-refractivity contribution in [1.29, 1.82) is 0 Å². The molecular formula is C11H11Cl2NO4. The van der Waals surface area contributed by atoms with Gasteiger partial charge in [0.15, 0.2) is 5.75 Å². The normalized spacial score (nSPS) is 10.2. The highest BCUT2D eigenvalue weighted by Crippen LogP contribution is 2.35. The Hall–Kier alpha value is -1.33. The lowest BCUT2D eigenvalue weighted by molar-refractivity contribution is -0.385. The Morgan fingerprint density at radius 2 is 2.00 bits per heavy atom. The summed E-state index contributed by atoms with van der Waals surface area (Å²) in [6.45, 7) is 1.68. The number of halogens is 2. The van der Waals surface area contributed by atoms with Crippen molar-refractivity contribution in [3.8, 4) is 5.75 Å². The van der Waals surface area contributed by atoms with Crippen LogP contribution in [0.25, 0.3) is 0 Å². The summed E-state index contributed by atoms with van der Waals surface area (Å²) in [5, 5.41) is 11.1. The van der Waals surface area contributed by atoms with Crippen LogP contribution in [-0.2, 0) is 4.79 Å². The molecule has 7 heteroatoms. The van der Waals surface area contributed by atoms with Gasteiger partial charge in [-0.3, -0.25) is 10.1 Å². The van der Waals surface area contributed by atoms with Crippen LogP contribution in [0.5, 0.6) is 5.75 Å². The smallest absolute Gasteiger partial charge is 0.312 e. The average Bonchev–Trinajstić information content (AvgIpc) is 2.28. The Morgan fingerprint density at radius 1 is 1.39 bits per heavy atom. The number of ketones is 1. The zero-order chi connectivity index (χ0) is 13.7. The molecule has 1 rings (SSSR count). The SMILES string of the molecule is CC(=O)CCCOc1cc(Cl)c(Cl)cc1[N+](=O)[O-]. The average molecular weight is 292 g/mol. The maximum absolute atomic E-state index is 10.8. The number of carbonyl (C=O) groups is 1. The Morgan fingerprint density at radius 3 is 2.56 bits per heavy atom. The molecule has 0 saturated heterocycles. The molecule has 98 valence electrons. The molecule has 0 heterocycles. The van der Waals surface area contributed by atoms with Crippen LogP contribution in [0.4, 0.5) is 5.69 Å². The highest BCUT2D eigenvalue weighted by molar-refractivity contribution is 6.42. The number of nitro groups is 1. The minimum Gasteiger partial charge on any atom is -0.487 e. The maximum Gasteiger partial charge on any atom is 0.312 e. The van der Waals surface area contributed by atoms with Crippen LogP contribution in [0.1, 0.15) is 19.8 Å². The lowest BCUT2D eigenvalue weighted by atomic mass is 10.2. The lowest BCUT2D eigenvalue weighted by Gasteiger charge is -2.07. The van der Waals surface area contributed by atoms with E-state index in [-0.39, 0.29) is 33.9 Å². The van der Waals surface area contributed by atoms with Crippen molar-refractivity contribution < 1.29 is 14.5 Å². The number of carbonyl (C=O) groups excluding carboxylic acids is 1. The first-order valence-electron chi connectivity index (χ1n) is 5.17. The molecule has 0 radical (unpaired) electrons. The summed E-state index contributed by atoms with van der Waals surface area (Å²) in [5.41, 5.74) is -0.243. The van der Waals surface area contributed by atoms with Gasteiger partial charge in [-0.15, -0.1) is 0 Å². The number of hydrogen-bond donors (Lipinski definition) is 0. The minimum atomic E-state index is -0.595. The van der Waals surface area contributed by atoms with Gasteiger partial charge in [0, 0.05) is 18.6 Å². The van der Waals surface area contributed by atoms with Gasteiger partial charge < -0.3 is 9.53 Å². The van der Waals surface area contributed by atoms with Crippen molar-refractivity contribution in [2.45, 2.75) is 19.8 Å². The standard InChI is InChI=1S/C11H11Cl2NO4/c1-7(15)3-2-4-18-11-6-9(13)8(12)5-10(11)14(16)17/h5-6H,2-4H2,1H3. The first kappa shape index (κ1) is 14.7. The molecule has 0 unspecified atom stereocenters. The predicted octanol–water partition coefficient (Wildman–Crippen LogP) is 3.65. The molecule has 1 aromatic carbocycles. The Labute approximate surface area is 114 Å². The van der Waals surface area contributed by atoms with Gasteiger partial charge in [-0.25, -0.2) is 0 Å². The van der Waals surface area contributed by atoms with E-state index in [0.717, 1.165) is 6.07 Å². The van der Waals surface area contributed by atoms with Gasteiger partial charge >= 0.3 is 5.69 Å². The fourth-order valence-corrected chi connectivity index (χ4v) is 1.59. The summed E-state index contributed by atoms with van der Waals surface area (Å²) < 4.78 is 5.25. The third-order valence-electron chi connectivity index (χ3n) is 2.13. The summed E-state index contributed by atoms with van der Waals surface area (Å²) in [6, 6.07) is 2.44. The van der Waals surface area contributed by atoms with Crippen molar-refractivity contribution in [2.75, 3.05) is 6.61 Å². The van der Waals surface area contributed by atoms with Crippen molar-refractivity contribution in [2.24, 2.45) is 0 Å². The second-order valence-electron chi connectivity index (χ2n) is 3.65. The van der Waals surface area contributed by atoms with Crippen molar-refractivity contribution >= 4 is 34.7 Å². The van der Waals surface area contributed by atoms with E-state index >= 15 is 0 Å². The number of nitro benzene ring substituents is 1. The van der Waals surface area contributed by atoms with Gasteiger partial charge in [0.25, 0.3) is 0 Å². The van der Waals surface area contributed by atoms with Crippen LogP contribution in [0.3, 0.4) is 0 Å². The van der Waals surface area contributed by atoms with Crippen LogP contribution in [0.2, 0.25) is 10.0 Å². The summed E-state index contributed by atoms with van der Waals surface area (Å²) in [6.07, 6.45) is 0.863. The summed E-state index contributed by atoms with van der Waals surface area (Å²) >= 11 is 11.5. The summed E-state index contributed by atoms with van der Waals surface area (Å²) in [7, 11) is 0. The van der Waals surface area contributed by atoms with Gasteiger partial charge in [0.2, 0.25) is 0 Å². The molecule has 0 saturated carbocycles. The molecule has 0 atom stereocenters. The van der Waals surface area contributed by atoms with Crippen LogP contribution >= 0.6 is 23.2 Å². The molecular weight excluding hydrogens is 281 g/mol. The van der Waals surface area contributed by atoms with Gasteiger partial charge in [0.1, 0.15) is 5.78 Å². The quantitative estimate of drug-likeness (QED) is 0.456. The summed E-state index contributed by atoms with van der Waals surface area (Å²) in [5.74, 6) is 0.0974. The van der Waals surface area contributed by atoms with Crippen LogP contribution in [-0.4, -0.2) is 17.3 Å². The van der Waals surface area contributed by atoms with Gasteiger partial charge in [-0.05, 0) is 13.3 Å². The van der Waals surface area contributed by atoms with Crippen molar-refractivity contribution in [1.82, 2.24) is 0 Å². The molecule has 0 amide bonds. The van der Waals surface area contributed by atoms with E-state index < -0.39 is 4.92 Å². The number of rotatable bonds is 6. The largest absolute Gasteiger partial charge is 0.487 e. The topological polar surface area (TPSA) is 69.4 Å². The fraction of sp³-hybridized carbons (Fsp3) is 0.364. The van der Waals surface area contributed by atoms with E-state index in [1.54, 1.807) is 0 Å². The van der Waals surface area contributed by atoms with E-state index in [2.05, 4.69) is 0 Å². The second kappa shape index (κ2) is 6.56. The molecule has 18 heavy (non-hydrogen) atoms. The third kappa shape index (κ3) is 4.16. The molecule has 0 aromatic heterocycles. The number of benzene rings is 1. The van der Waals surface area contributed by atoms with Crippen molar-refractivity contribution in [3.05, 3.63) is 32.3 Å². The molecule has 0 spiro atoms. The second-order valence-corrected chi connectivity index (χ2v) is 4.46. The van der Waals surface area contributed by atoms with E-state index in [0.29, 0.717) is 12.8 Å². The highest BCUT2D eigenvalue weighted by Gasteiger charge is 2.18. The number of ether oxygens (including phenoxy) is 1. The van der Waals surface area contributed by atoms with Crippen LogP contribution in [0, 0.1) is 10.1 Å². The molecule has 0 fully saturated rings. The van der Waals surface area contributed by atoms with E-state index in [1.807, 2.05) is 0 Å². The van der Waals surface area contributed by atoms with Crippen LogP contribution in [0.15, 0.2) is 12.1 Å². The van der Waals surface area contributed by atoms with E-state index in [9.17, 15) is 14.9 Å². The Kier molecular flexibility index (Phi) is 5.37. The minimum absolute atomic E-state index is 0.0437. The third-order valence-corrected chi connectivity index (χ3v) is 2.85. The molecule has 0 aliphatic carbocycles. The molecule has 1 aromatic rings.